The quantitative estimate of drug-likeness (QED) is 0.565. The molecular weight excluding hydrogens is 124 g/mol. The fraction of sp³-hybridized carbons (Fsp3) is 0.625. The molecule has 2 nitrogen and oxygen atoms in total. The van der Waals surface area contributed by atoms with Gasteiger partial charge in [0.2, 0.25) is 5.69 Å². The molecule has 1 N–H and O–H groups in total. The van der Waals surface area contributed by atoms with Crippen LogP contribution in [-0.4, -0.2) is 5.10 Å². The van der Waals surface area contributed by atoms with E-state index in [1.54, 1.807) is 0 Å². The van der Waals surface area contributed by atoms with Crippen molar-refractivity contribution in [3.63, 3.8) is 0 Å². The molecule has 0 bridgehead atoms. The van der Waals surface area contributed by atoms with E-state index in [1.165, 1.54) is 11.4 Å². The summed E-state index contributed by atoms with van der Waals surface area (Å²) in [6.07, 6.45) is 0. The molecule has 1 rings (SSSR count). The van der Waals surface area contributed by atoms with Gasteiger partial charge in [-0.1, -0.05) is 13.8 Å². The Morgan fingerprint density at radius 1 is 1.50 bits per heavy atom. The molecule has 56 valence electrons. The number of rotatable bonds is 1. The fourth-order valence-electron chi connectivity index (χ4n) is 0.932. The first kappa shape index (κ1) is 7.32. The van der Waals surface area contributed by atoms with Crippen LogP contribution in [0.15, 0.2) is 6.07 Å². The van der Waals surface area contributed by atoms with E-state index in [4.69, 9.17) is 0 Å². The van der Waals surface area contributed by atoms with Crippen molar-refractivity contribution in [2.75, 3.05) is 0 Å². The lowest BCUT2D eigenvalue weighted by atomic mass is 10.1. The smallest absolute Gasteiger partial charge is 0.170 e. The lowest BCUT2D eigenvalue weighted by molar-refractivity contribution is -0.732. The Bertz CT molecular complexity index is 204. The van der Waals surface area contributed by atoms with Gasteiger partial charge in [0, 0.05) is 13.0 Å². The lowest BCUT2D eigenvalue weighted by Gasteiger charge is -1.93. The SMILES string of the molecule is Cc1cc(C(C)C)[nH][n+]1C. The Kier molecular flexibility index (Phi) is 1.79. The molecule has 0 aromatic carbocycles. The van der Waals surface area contributed by atoms with Gasteiger partial charge in [0.25, 0.3) is 0 Å². The molecule has 0 atom stereocenters. The molecule has 0 aliphatic rings. The molecule has 10 heavy (non-hydrogen) atoms. The Hall–Kier alpha value is -0.790. The van der Waals surface area contributed by atoms with Gasteiger partial charge < -0.3 is 0 Å². The van der Waals surface area contributed by atoms with Gasteiger partial charge in [-0.15, -0.1) is 4.68 Å². The van der Waals surface area contributed by atoms with E-state index in [1.807, 2.05) is 11.7 Å². The summed E-state index contributed by atoms with van der Waals surface area (Å²) in [5.41, 5.74) is 2.59. The van der Waals surface area contributed by atoms with E-state index >= 15 is 0 Å². The van der Waals surface area contributed by atoms with Crippen molar-refractivity contribution in [2.45, 2.75) is 26.7 Å². The van der Waals surface area contributed by atoms with E-state index in [9.17, 15) is 0 Å². The van der Waals surface area contributed by atoms with Crippen molar-refractivity contribution < 1.29 is 4.68 Å². The summed E-state index contributed by atoms with van der Waals surface area (Å²) in [4.78, 5) is 0. The molecule has 0 radical (unpaired) electrons. The third-order valence-corrected chi connectivity index (χ3v) is 1.81. The van der Waals surface area contributed by atoms with E-state index < -0.39 is 0 Å². The van der Waals surface area contributed by atoms with Crippen molar-refractivity contribution in [3.05, 3.63) is 17.5 Å². The number of nitrogens with one attached hydrogen (secondary N) is 1. The maximum atomic E-state index is 3.26. The highest BCUT2D eigenvalue weighted by molar-refractivity contribution is 5.05. The van der Waals surface area contributed by atoms with Crippen LogP contribution in [0.4, 0.5) is 0 Å². The molecule has 2 heteroatoms. The van der Waals surface area contributed by atoms with E-state index in [0.29, 0.717) is 5.92 Å². The Labute approximate surface area is 61.9 Å². The fourth-order valence-corrected chi connectivity index (χ4v) is 0.932. The number of aromatic nitrogens is 2. The molecule has 0 aliphatic carbocycles. The largest absolute Gasteiger partial charge is 0.204 e. The summed E-state index contributed by atoms with van der Waals surface area (Å²) in [6, 6.07) is 2.19. The predicted molar refractivity (Wildman–Crippen MR) is 40.8 cm³/mol. The highest BCUT2D eigenvalue weighted by atomic mass is 15.3. The monoisotopic (exact) mass is 139 g/mol. The molecule has 0 saturated heterocycles. The van der Waals surface area contributed by atoms with Gasteiger partial charge in [0.05, 0.1) is 5.69 Å². The van der Waals surface area contributed by atoms with Crippen LogP contribution in [0.3, 0.4) is 0 Å². The summed E-state index contributed by atoms with van der Waals surface area (Å²) in [6.45, 7) is 6.47. The van der Waals surface area contributed by atoms with Crippen molar-refractivity contribution in [1.82, 2.24) is 5.10 Å². The third kappa shape index (κ3) is 1.20. The Balaban J connectivity index is 2.98. The van der Waals surface area contributed by atoms with Gasteiger partial charge in [-0.2, -0.15) is 5.10 Å². The topological polar surface area (TPSA) is 19.7 Å². The Morgan fingerprint density at radius 3 is 2.30 bits per heavy atom. The summed E-state index contributed by atoms with van der Waals surface area (Å²) in [5.74, 6) is 0.597. The average Bonchev–Trinajstić information content (AvgIpc) is 2.13. The van der Waals surface area contributed by atoms with Crippen LogP contribution in [-0.2, 0) is 7.05 Å². The number of aromatic amines is 1. The zero-order valence-electron chi connectivity index (χ0n) is 7.10. The second-order valence-electron chi connectivity index (χ2n) is 3.07. The second kappa shape index (κ2) is 2.45. The molecule has 1 heterocycles. The van der Waals surface area contributed by atoms with E-state index in [0.717, 1.165) is 0 Å². The van der Waals surface area contributed by atoms with Crippen LogP contribution in [0.1, 0.15) is 31.2 Å². The minimum absolute atomic E-state index is 0.597. The van der Waals surface area contributed by atoms with E-state index in [-0.39, 0.29) is 0 Å². The van der Waals surface area contributed by atoms with Crippen LogP contribution in [0, 0.1) is 6.92 Å². The minimum Gasteiger partial charge on any atom is -0.170 e. The van der Waals surface area contributed by atoms with Gasteiger partial charge >= 0.3 is 0 Å². The van der Waals surface area contributed by atoms with Gasteiger partial charge in [0.15, 0.2) is 7.05 Å². The molecule has 0 aliphatic heterocycles. The van der Waals surface area contributed by atoms with Crippen LogP contribution in [0.5, 0.6) is 0 Å². The zero-order valence-corrected chi connectivity index (χ0v) is 7.10. The minimum atomic E-state index is 0.597. The number of aryl methyl sites for hydroxylation is 2. The first-order chi connectivity index (χ1) is 4.61. The standard InChI is InChI=1S/C8H14N2/c1-6(2)8-5-7(3)10(4)9-8/h5-6H,1-4H3/p+1. The molecule has 0 spiro atoms. The Morgan fingerprint density at radius 2 is 2.10 bits per heavy atom. The maximum Gasteiger partial charge on any atom is 0.204 e. The maximum absolute atomic E-state index is 3.26. The normalized spacial score (nSPS) is 10.9. The second-order valence-corrected chi connectivity index (χ2v) is 3.07. The van der Waals surface area contributed by atoms with Crippen molar-refractivity contribution in [1.29, 1.82) is 0 Å². The van der Waals surface area contributed by atoms with Crippen LogP contribution >= 0.6 is 0 Å². The molecule has 1 aromatic heterocycles. The van der Waals surface area contributed by atoms with Crippen molar-refractivity contribution in [2.24, 2.45) is 7.05 Å². The van der Waals surface area contributed by atoms with Crippen molar-refractivity contribution in [3.8, 4) is 0 Å². The molecular formula is C8H15N2+. The number of hydrogen-bond donors (Lipinski definition) is 1. The summed E-state index contributed by atoms with van der Waals surface area (Å²) >= 11 is 0. The van der Waals surface area contributed by atoms with Gasteiger partial charge in [0.1, 0.15) is 0 Å². The summed E-state index contributed by atoms with van der Waals surface area (Å²) < 4.78 is 2.04. The van der Waals surface area contributed by atoms with Crippen molar-refractivity contribution >= 4 is 0 Å². The highest BCUT2D eigenvalue weighted by Crippen LogP contribution is 2.09. The van der Waals surface area contributed by atoms with Crippen LogP contribution < -0.4 is 4.68 Å². The molecule has 0 unspecified atom stereocenters. The van der Waals surface area contributed by atoms with Gasteiger partial charge in [-0.05, 0) is 5.92 Å². The first-order valence-electron chi connectivity index (χ1n) is 3.67. The number of nitrogens with zero attached hydrogens (tertiary/aromatic N) is 1. The average molecular weight is 139 g/mol. The molecule has 0 saturated carbocycles. The molecule has 1 aromatic rings. The van der Waals surface area contributed by atoms with Gasteiger partial charge in [-0.3, -0.25) is 0 Å². The molecule has 0 amide bonds. The number of hydrogen-bond acceptors (Lipinski definition) is 0. The van der Waals surface area contributed by atoms with Crippen LogP contribution in [0.25, 0.3) is 0 Å². The lowest BCUT2D eigenvalue weighted by Crippen LogP contribution is -2.32. The summed E-state index contributed by atoms with van der Waals surface area (Å²) in [5, 5.41) is 3.26. The van der Waals surface area contributed by atoms with Gasteiger partial charge in [-0.25, -0.2) is 0 Å². The summed E-state index contributed by atoms with van der Waals surface area (Å²) in [7, 11) is 2.03. The first-order valence-corrected chi connectivity index (χ1v) is 3.67. The number of H-pyrrole nitrogens is 1. The zero-order chi connectivity index (χ0) is 7.72. The molecule has 0 fully saturated rings. The van der Waals surface area contributed by atoms with Crippen LogP contribution in [0.2, 0.25) is 0 Å². The van der Waals surface area contributed by atoms with E-state index in [2.05, 4.69) is 31.9 Å². The predicted octanol–water partition coefficient (Wildman–Crippen LogP) is 1.27. The third-order valence-electron chi connectivity index (χ3n) is 1.81. The highest BCUT2D eigenvalue weighted by Gasteiger charge is 2.08.